The van der Waals surface area contributed by atoms with Crippen molar-refractivity contribution in [3.8, 4) is 5.75 Å². The summed E-state index contributed by atoms with van der Waals surface area (Å²) >= 11 is 5.75. The molecule has 0 bridgehead atoms. The fourth-order valence-electron chi connectivity index (χ4n) is 1.54. The Hall–Kier alpha value is -2.13. The molecule has 0 aromatic heterocycles. The van der Waals surface area contributed by atoms with Crippen LogP contribution in [-0.2, 0) is 0 Å². The van der Waals surface area contributed by atoms with Gasteiger partial charge < -0.3 is 5.11 Å². The van der Waals surface area contributed by atoms with Gasteiger partial charge in [-0.15, -0.1) is 0 Å². The monoisotopic (exact) mass is 276 g/mol. The Morgan fingerprint density at radius 1 is 1.21 bits per heavy atom. The minimum absolute atomic E-state index is 0.0183. The number of hydrogen-bond donors (Lipinski definition) is 1. The number of phenolic OH excluding ortho intramolecular Hbond substituents is 1. The summed E-state index contributed by atoms with van der Waals surface area (Å²) in [6.07, 6.45) is 2.88. The average Bonchev–Trinajstić information content (AvgIpc) is 2.40. The van der Waals surface area contributed by atoms with E-state index in [4.69, 9.17) is 11.6 Å². The third-order valence-electron chi connectivity index (χ3n) is 2.51. The number of hydrogen-bond acceptors (Lipinski definition) is 2. The van der Waals surface area contributed by atoms with E-state index < -0.39 is 5.82 Å². The molecule has 2 rings (SSSR count). The molecule has 0 fully saturated rings. The zero-order valence-electron chi connectivity index (χ0n) is 9.81. The van der Waals surface area contributed by atoms with E-state index in [1.807, 2.05) is 0 Å². The maximum absolute atomic E-state index is 13.0. The molecule has 0 radical (unpaired) electrons. The van der Waals surface area contributed by atoms with Crippen LogP contribution in [0, 0.1) is 5.82 Å². The summed E-state index contributed by atoms with van der Waals surface area (Å²) in [5.41, 5.74) is 0.952. The molecule has 0 saturated carbocycles. The molecule has 2 nitrogen and oxygen atoms in total. The molecule has 19 heavy (non-hydrogen) atoms. The van der Waals surface area contributed by atoms with Crippen LogP contribution in [0.25, 0.3) is 6.08 Å². The molecule has 0 saturated heterocycles. The van der Waals surface area contributed by atoms with Crippen LogP contribution in [0.2, 0.25) is 5.02 Å². The second-order valence-corrected chi connectivity index (χ2v) is 4.33. The Balaban J connectivity index is 2.18. The number of rotatable bonds is 3. The Kier molecular flexibility index (Phi) is 3.97. The van der Waals surface area contributed by atoms with Gasteiger partial charge in [0.2, 0.25) is 0 Å². The van der Waals surface area contributed by atoms with Gasteiger partial charge in [0.1, 0.15) is 11.6 Å². The quantitative estimate of drug-likeness (QED) is 0.677. The molecule has 0 unspecified atom stereocenters. The van der Waals surface area contributed by atoms with Gasteiger partial charge in [-0.1, -0.05) is 35.9 Å². The molecule has 0 heterocycles. The molecule has 1 N–H and O–H groups in total. The van der Waals surface area contributed by atoms with Crippen LogP contribution in [0.1, 0.15) is 15.9 Å². The zero-order chi connectivity index (χ0) is 13.8. The van der Waals surface area contributed by atoms with Crippen LogP contribution < -0.4 is 0 Å². The van der Waals surface area contributed by atoms with E-state index >= 15 is 0 Å². The topological polar surface area (TPSA) is 37.3 Å². The van der Waals surface area contributed by atoms with E-state index in [1.165, 1.54) is 36.4 Å². The minimum Gasteiger partial charge on any atom is -0.506 e. The lowest BCUT2D eigenvalue weighted by atomic mass is 10.1. The predicted molar refractivity (Wildman–Crippen MR) is 72.9 cm³/mol. The van der Waals surface area contributed by atoms with Crippen molar-refractivity contribution in [3.63, 3.8) is 0 Å². The van der Waals surface area contributed by atoms with Crippen molar-refractivity contribution in [1.82, 2.24) is 0 Å². The lowest BCUT2D eigenvalue weighted by Gasteiger charge is -1.98. The molecule has 0 aliphatic carbocycles. The third-order valence-corrected chi connectivity index (χ3v) is 2.81. The lowest BCUT2D eigenvalue weighted by Crippen LogP contribution is -1.94. The van der Waals surface area contributed by atoms with Crippen molar-refractivity contribution < 1.29 is 14.3 Å². The van der Waals surface area contributed by atoms with Gasteiger partial charge >= 0.3 is 0 Å². The summed E-state index contributed by atoms with van der Waals surface area (Å²) in [6.45, 7) is 0. The van der Waals surface area contributed by atoms with Crippen LogP contribution in [0.4, 0.5) is 4.39 Å². The summed E-state index contributed by atoms with van der Waals surface area (Å²) in [7, 11) is 0. The first-order valence-corrected chi connectivity index (χ1v) is 5.90. The summed E-state index contributed by atoms with van der Waals surface area (Å²) in [5, 5.41) is 9.47. The van der Waals surface area contributed by atoms with Gasteiger partial charge in [0.15, 0.2) is 5.78 Å². The van der Waals surface area contributed by atoms with Gasteiger partial charge in [-0.3, -0.25) is 4.79 Å². The average molecular weight is 277 g/mol. The van der Waals surface area contributed by atoms with Crippen LogP contribution in [0.15, 0.2) is 48.5 Å². The smallest absolute Gasteiger partial charge is 0.185 e. The highest BCUT2D eigenvalue weighted by molar-refractivity contribution is 6.32. The Bertz CT molecular complexity index is 650. The van der Waals surface area contributed by atoms with Gasteiger partial charge in [0.05, 0.1) is 5.02 Å². The van der Waals surface area contributed by atoms with Crippen molar-refractivity contribution in [2.75, 3.05) is 0 Å². The second kappa shape index (κ2) is 5.67. The summed E-state index contributed by atoms with van der Waals surface area (Å²) < 4.78 is 13.0. The Morgan fingerprint density at radius 2 is 2.00 bits per heavy atom. The first-order valence-electron chi connectivity index (χ1n) is 5.53. The van der Waals surface area contributed by atoms with Crippen molar-refractivity contribution in [3.05, 3.63) is 70.5 Å². The number of carbonyl (C=O) groups excluding carboxylic acids is 1. The highest BCUT2D eigenvalue weighted by Gasteiger charge is 2.03. The first kappa shape index (κ1) is 13.3. The van der Waals surface area contributed by atoms with E-state index in [-0.39, 0.29) is 22.1 Å². The number of carbonyl (C=O) groups is 1. The fourth-order valence-corrected chi connectivity index (χ4v) is 1.73. The van der Waals surface area contributed by atoms with Crippen LogP contribution >= 0.6 is 11.6 Å². The number of phenols is 1. The van der Waals surface area contributed by atoms with Gasteiger partial charge in [-0.2, -0.15) is 0 Å². The number of ketones is 1. The first-order chi connectivity index (χ1) is 9.06. The minimum atomic E-state index is -0.452. The van der Waals surface area contributed by atoms with E-state index in [0.717, 1.165) is 0 Å². The Morgan fingerprint density at radius 3 is 2.68 bits per heavy atom. The maximum Gasteiger partial charge on any atom is 0.185 e. The molecular weight excluding hydrogens is 267 g/mol. The van der Waals surface area contributed by atoms with Gasteiger partial charge in [-0.25, -0.2) is 4.39 Å². The second-order valence-electron chi connectivity index (χ2n) is 3.92. The molecule has 4 heteroatoms. The van der Waals surface area contributed by atoms with Crippen molar-refractivity contribution >= 4 is 23.5 Å². The van der Waals surface area contributed by atoms with Crippen molar-refractivity contribution in [1.29, 1.82) is 0 Å². The molecule has 0 spiro atoms. The largest absolute Gasteiger partial charge is 0.506 e. The highest BCUT2D eigenvalue weighted by atomic mass is 35.5. The highest BCUT2D eigenvalue weighted by Crippen LogP contribution is 2.24. The summed E-state index contributed by atoms with van der Waals surface area (Å²) in [6, 6.07) is 10.1. The third kappa shape index (κ3) is 3.42. The standard InChI is InChI=1S/C15H10ClFO2/c16-13-8-10(5-7-15(13)19)4-6-14(18)11-2-1-3-12(17)9-11/h1-9,19H/b6-4+. The normalized spacial score (nSPS) is 10.8. The zero-order valence-corrected chi connectivity index (χ0v) is 10.6. The van der Waals surface area contributed by atoms with Crippen LogP contribution in [0.3, 0.4) is 0 Å². The molecule has 2 aromatic rings. The molecule has 2 aromatic carbocycles. The fraction of sp³-hybridized carbons (Fsp3) is 0. The van der Waals surface area contributed by atoms with Gasteiger partial charge in [0, 0.05) is 5.56 Å². The molecule has 0 aliphatic rings. The SMILES string of the molecule is O=C(/C=C/c1ccc(O)c(Cl)c1)c1cccc(F)c1. The van der Waals surface area contributed by atoms with Crippen LogP contribution in [0.5, 0.6) is 5.75 Å². The van der Waals surface area contributed by atoms with Gasteiger partial charge in [0.25, 0.3) is 0 Å². The van der Waals surface area contributed by atoms with E-state index in [2.05, 4.69) is 0 Å². The summed E-state index contributed by atoms with van der Waals surface area (Å²) in [5.74, 6) is -0.772. The van der Waals surface area contributed by atoms with E-state index in [1.54, 1.807) is 18.2 Å². The number of aromatic hydroxyl groups is 1. The van der Waals surface area contributed by atoms with Crippen molar-refractivity contribution in [2.45, 2.75) is 0 Å². The summed E-state index contributed by atoms with van der Waals surface area (Å²) in [4.78, 5) is 11.8. The molecule has 96 valence electrons. The number of allylic oxidation sites excluding steroid dienone is 1. The molecule has 0 amide bonds. The van der Waals surface area contributed by atoms with Crippen molar-refractivity contribution in [2.24, 2.45) is 0 Å². The maximum atomic E-state index is 13.0. The molecule has 0 atom stereocenters. The lowest BCUT2D eigenvalue weighted by molar-refractivity contribution is 0.104. The Labute approximate surface area is 114 Å². The molecular formula is C15H10ClFO2. The van der Waals surface area contributed by atoms with Crippen LogP contribution in [-0.4, -0.2) is 10.9 Å². The van der Waals surface area contributed by atoms with E-state index in [9.17, 15) is 14.3 Å². The number of benzene rings is 2. The predicted octanol–water partition coefficient (Wildman–Crippen LogP) is 4.08. The number of halogens is 2. The van der Waals surface area contributed by atoms with E-state index in [0.29, 0.717) is 5.56 Å². The molecule has 0 aliphatic heterocycles. The van der Waals surface area contributed by atoms with Gasteiger partial charge in [-0.05, 0) is 35.9 Å².